The van der Waals surface area contributed by atoms with E-state index in [4.69, 9.17) is 37.9 Å². The Kier molecular flexibility index (Phi) is 21.9. The number of carbonyl (C=O) groups excluding carboxylic acids is 1. The van der Waals surface area contributed by atoms with E-state index in [9.17, 15) is 4.79 Å². The lowest BCUT2D eigenvalue weighted by molar-refractivity contribution is -0.941. The molecule has 0 spiro atoms. The van der Waals surface area contributed by atoms with E-state index in [2.05, 4.69) is 44.4 Å². The Morgan fingerprint density at radius 1 is 0.590 bits per heavy atom. The Bertz CT molecular complexity index is 1850. The SMILES string of the molecule is COc1ccc(C[C@@H]2c3cc(OC)c(OC)cc3CC[N+]2(C)CCCCCCCCCCCOC(=O)CC[N+]2(C)CCc3c(cc(OC)c(OC)c3OC)C2)cc1OC.[I-].[I-]. The molecule has 0 saturated heterocycles. The van der Waals surface area contributed by atoms with Gasteiger partial charge in [-0.05, 0) is 60.7 Å². The van der Waals surface area contributed by atoms with Crippen molar-refractivity contribution in [3.05, 3.63) is 64.2 Å². The molecule has 0 aliphatic carbocycles. The predicted octanol–water partition coefficient (Wildman–Crippen LogP) is 2.69. The maximum atomic E-state index is 12.7. The van der Waals surface area contributed by atoms with E-state index < -0.39 is 0 Å². The third kappa shape index (κ3) is 13.6. The number of esters is 1. The Labute approximate surface area is 400 Å². The van der Waals surface area contributed by atoms with Crippen LogP contribution < -0.4 is 81.1 Å². The number of hydrogen-bond acceptors (Lipinski definition) is 9. The molecule has 2 aliphatic heterocycles. The molecular weight excluding hydrogens is 1000 g/mol. The number of quaternary nitrogens is 2. The van der Waals surface area contributed by atoms with Crippen LogP contribution in [0.4, 0.5) is 0 Å². The monoisotopic (exact) mass is 1070 g/mol. The number of benzene rings is 3. The van der Waals surface area contributed by atoms with Gasteiger partial charge in [-0.3, -0.25) is 4.79 Å². The molecular formula is C48H72I2N2O9. The van der Waals surface area contributed by atoms with Crippen molar-refractivity contribution in [2.24, 2.45) is 0 Å². The topological polar surface area (TPSA) is 90.9 Å². The summed E-state index contributed by atoms with van der Waals surface area (Å²) in [7, 11) is 16.4. The summed E-state index contributed by atoms with van der Waals surface area (Å²) >= 11 is 0. The maximum absolute atomic E-state index is 12.7. The first kappa shape index (κ1) is 52.5. The highest BCUT2D eigenvalue weighted by molar-refractivity contribution is 5.69. The molecule has 2 unspecified atom stereocenters. The van der Waals surface area contributed by atoms with Gasteiger partial charge in [0, 0.05) is 36.0 Å². The molecule has 342 valence electrons. The molecule has 3 aromatic rings. The van der Waals surface area contributed by atoms with E-state index in [0.29, 0.717) is 24.5 Å². The van der Waals surface area contributed by atoms with E-state index in [1.54, 1.807) is 49.8 Å². The van der Waals surface area contributed by atoms with Crippen molar-refractivity contribution in [3.8, 4) is 40.2 Å². The minimum absolute atomic E-state index is 0. The molecule has 3 aromatic carbocycles. The first-order valence-corrected chi connectivity index (χ1v) is 21.7. The van der Waals surface area contributed by atoms with Gasteiger partial charge in [0.1, 0.15) is 12.6 Å². The minimum Gasteiger partial charge on any atom is -1.00 e. The zero-order valence-electron chi connectivity index (χ0n) is 38.3. The third-order valence-corrected chi connectivity index (χ3v) is 12.9. The molecule has 0 fully saturated rings. The third-order valence-electron chi connectivity index (χ3n) is 12.9. The summed E-state index contributed by atoms with van der Waals surface area (Å²) in [6.45, 7) is 5.21. The summed E-state index contributed by atoms with van der Waals surface area (Å²) in [4.78, 5) is 12.7. The molecule has 11 nitrogen and oxygen atoms in total. The van der Waals surface area contributed by atoms with Crippen molar-refractivity contribution in [2.45, 2.75) is 96.1 Å². The van der Waals surface area contributed by atoms with Gasteiger partial charge in [-0.25, -0.2) is 0 Å². The fraction of sp³-hybridized carbons (Fsp3) is 0.604. The zero-order valence-corrected chi connectivity index (χ0v) is 42.6. The second-order valence-corrected chi connectivity index (χ2v) is 16.9. The average Bonchev–Trinajstić information content (AvgIpc) is 3.25. The lowest BCUT2D eigenvalue weighted by Crippen LogP contribution is -3.00. The van der Waals surface area contributed by atoms with Gasteiger partial charge in [-0.2, -0.15) is 0 Å². The molecule has 2 aliphatic rings. The quantitative estimate of drug-likeness (QED) is 0.0583. The first-order chi connectivity index (χ1) is 28.5. The van der Waals surface area contributed by atoms with Crippen LogP contribution in [0, 0.1) is 0 Å². The number of nitrogens with zero attached hydrogens (tertiary/aromatic N) is 2. The van der Waals surface area contributed by atoms with E-state index in [0.717, 1.165) is 103 Å². The fourth-order valence-electron chi connectivity index (χ4n) is 9.34. The van der Waals surface area contributed by atoms with Crippen molar-refractivity contribution in [1.29, 1.82) is 0 Å². The maximum Gasteiger partial charge on any atom is 0.311 e. The van der Waals surface area contributed by atoms with Crippen LogP contribution in [-0.4, -0.2) is 112 Å². The average molecular weight is 1070 g/mol. The van der Waals surface area contributed by atoms with Gasteiger partial charge in [-0.15, -0.1) is 0 Å². The number of rotatable bonds is 24. The summed E-state index contributed by atoms with van der Waals surface area (Å²) in [5.74, 6) is 5.05. The number of carbonyl (C=O) groups is 1. The molecule has 0 saturated carbocycles. The molecule has 3 atom stereocenters. The van der Waals surface area contributed by atoms with Crippen LogP contribution >= 0.6 is 0 Å². The van der Waals surface area contributed by atoms with E-state index in [1.807, 2.05) is 6.07 Å². The molecule has 0 bridgehead atoms. The number of halogens is 2. The highest BCUT2D eigenvalue weighted by atomic mass is 127. The lowest BCUT2D eigenvalue weighted by atomic mass is 9.86. The van der Waals surface area contributed by atoms with Crippen molar-refractivity contribution in [2.75, 3.05) is 96.6 Å². The summed E-state index contributed by atoms with van der Waals surface area (Å²) in [6.07, 6.45) is 13.9. The zero-order chi connectivity index (χ0) is 42.4. The Balaban J connectivity index is 0.00000496. The summed E-state index contributed by atoms with van der Waals surface area (Å²) in [5, 5.41) is 0. The Morgan fingerprint density at radius 3 is 1.79 bits per heavy atom. The Hall–Kier alpha value is -2.89. The molecule has 13 heteroatoms. The second-order valence-electron chi connectivity index (χ2n) is 16.9. The number of likely N-dealkylation sites (N-methyl/N-ethyl adjacent to an activating group) is 2. The molecule has 2 heterocycles. The number of fused-ring (bicyclic) bond motifs is 2. The van der Waals surface area contributed by atoms with Crippen LogP contribution in [0.1, 0.15) is 98.1 Å². The number of ether oxygens (including phenoxy) is 8. The number of hydrogen-bond donors (Lipinski definition) is 0. The normalized spacial score (nSPS) is 18.9. The van der Waals surface area contributed by atoms with Gasteiger partial charge in [0.2, 0.25) is 5.75 Å². The van der Waals surface area contributed by atoms with Gasteiger partial charge in [-0.1, -0.05) is 44.6 Å². The highest BCUT2D eigenvalue weighted by Gasteiger charge is 2.40. The van der Waals surface area contributed by atoms with Crippen molar-refractivity contribution >= 4 is 5.97 Å². The van der Waals surface area contributed by atoms with Crippen molar-refractivity contribution in [3.63, 3.8) is 0 Å². The number of methoxy groups -OCH3 is 7. The van der Waals surface area contributed by atoms with Gasteiger partial charge in [0.25, 0.3) is 0 Å². The largest absolute Gasteiger partial charge is 1.00 e. The second kappa shape index (κ2) is 25.4. The predicted molar refractivity (Wildman–Crippen MR) is 232 cm³/mol. The van der Waals surface area contributed by atoms with Crippen LogP contribution in [0.3, 0.4) is 0 Å². The van der Waals surface area contributed by atoms with Crippen LogP contribution in [0.25, 0.3) is 0 Å². The first-order valence-electron chi connectivity index (χ1n) is 21.7. The summed E-state index contributed by atoms with van der Waals surface area (Å²) in [5.41, 5.74) is 6.29. The molecule has 61 heavy (non-hydrogen) atoms. The van der Waals surface area contributed by atoms with Gasteiger partial charge >= 0.3 is 5.97 Å². The van der Waals surface area contributed by atoms with E-state index >= 15 is 0 Å². The van der Waals surface area contributed by atoms with Crippen molar-refractivity contribution < 1.29 is 99.6 Å². The summed E-state index contributed by atoms with van der Waals surface area (Å²) in [6, 6.07) is 13.0. The summed E-state index contributed by atoms with van der Waals surface area (Å²) < 4.78 is 47.0. The van der Waals surface area contributed by atoms with Crippen molar-refractivity contribution in [1.82, 2.24) is 0 Å². The van der Waals surface area contributed by atoms with Crippen LogP contribution in [0.2, 0.25) is 0 Å². The minimum atomic E-state index is -0.0998. The highest BCUT2D eigenvalue weighted by Crippen LogP contribution is 2.45. The molecule has 0 amide bonds. The number of unbranched alkanes of at least 4 members (excludes halogenated alkanes) is 8. The molecule has 0 aromatic heterocycles. The van der Waals surface area contributed by atoms with E-state index in [-0.39, 0.29) is 60.0 Å². The fourth-order valence-corrected chi connectivity index (χ4v) is 9.34. The smallest absolute Gasteiger partial charge is 0.311 e. The molecule has 0 N–H and O–H groups in total. The lowest BCUT2D eigenvalue weighted by Gasteiger charge is -2.46. The van der Waals surface area contributed by atoms with Crippen LogP contribution in [0.15, 0.2) is 36.4 Å². The van der Waals surface area contributed by atoms with Gasteiger partial charge < -0.3 is 94.8 Å². The van der Waals surface area contributed by atoms with Crippen LogP contribution in [0.5, 0.6) is 40.2 Å². The molecule has 5 rings (SSSR count). The van der Waals surface area contributed by atoms with Crippen LogP contribution in [-0.2, 0) is 35.3 Å². The molecule has 0 radical (unpaired) electrons. The van der Waals surface area contributed by atoms with Gasteiger partial charge in [0.15, 0.2) is 34.5 Å². The van der Waals surface area contributed by atoms with Gasteiger partial charge in [0.05, 0.1) is 103 Å². The standard InChI is InChI=1S/C48H72N2O9.2HI/c1-49(25-22-38-37(34-49)32-45(56-7)48(58-9)47(38)57-8)26-23-46(51)59-28-18-16-14-12-10-11-13-15-17-24-50(2)27-21-36-31-43(54-5)44(55-6)33-39(36)40(50)29-35-19-20-41(52-3)42(30-35)53-4;;/h19-20,30-33,40H,10-18,21-29,34H2,1-9H3;2*1H/q+2;;/p-2/t40-,49?,50?;;/m1../s1. The van der Waals surface area contributed by atoms with E-state index in [1.165, 1.54) is 72.8 Å². The Morgan fingerprint density at radius 2 is 1.16 bits per heavy atom.